The third-order valence-corrected chi connectivity index (χ3v) is 4.85. The van der Waals surface area contributed by atoms with Gasteiger partial charge in [-0.15, -0.1) is 0 Å². The monoisotopic (exact) mass is 534 g/mol. The zero-order chi connectivity index (χ0) is 29.2. The molecule has 38 heavy (non-hydrogen) atoms. The Balaban J connectivity index is 3.49. The van der Waals surface area contributed by atoms with E-state index in [4.69, 9.17) is 15.8 Å². The molecule has 188 valence electrons. The molecule has 0 spiro atoms. The summed E-state index contributed by atoms with van der Waals surface area (Å²) in [6.45, 7) is 0. The molecule has 0 aromatic heterocycles. The van der Waals surface area contributed by atoms with Crippen molar-refractivity contribution < 1.29 is 39.5 Å². The lowest BCUT2D eigenvalue weighted by atomic mass is 9.89. The van der Waals surface area contributed by atoms with Crippen molar-refractivity contribution in [2.24, 2.45) is 0 Å². The number of alkyl halides is 9. The van der Waals surface area contributed by atoms with E-state index in [0.29, 0.717) is 0 Å². The number of nitriles is 6. The van der Waals surface area contributed by atoms with E-state index in [-0.39, 0.29) is 18.2 Å². The van der Waals surface area contributed by atoms with Crippen molar-refractivity contribution in [3.63, 3.8) is 0 Å². The summed E-state index contributed by atoms with van der Waals surface area (Å²) in [5.74, 6) is 0. The van der Waals surface area contributed by atoms with E-state index < -0.39 is 79.1 Å². The summed E-state index contributed by atoms with van der Waals surface area (Å²) < 4.78 is 123. The van der Waals surface area contributed by atoms with Gasteiger partial charge in [0.1, 0.15) is 35.9 Å². The first-order valence-corrected chi connectivity index (χ1v) is 9.27. The maximum atomic E-state index is 14.0. The van der Waals surface area contributed by atoms with Crippen LogP contribution in [0.4, 0.5) is 39.5 Å². The maximum Gasteiger partial charge on any atom is 0.418 e. The number of rotatable bonds is 1. The first-order chi connectivity index (χ1) is 17.5. The van der Waals surface area contributed by atoms with Crippen LogP contribution in [0.3, 0.4) is 0 Å². The van der Waals surface area contributed by atoms with Gasteiger partial charge in [-0.25, -0.2) is 0 Å². The molecule has 2 aromatic carbocycles. The second-order valence-electron chi connectivity index (χ2n) is 6.96. The lowest BCUT2D eigenvalue weighted by Gasteiger charge is -2.17. The van der Waals surface area contributed by atoms with Crippen LogP contribution in [0.25, 0.3) is 11.1 Å². The predicted octanol–water partition coefficient (Wildman–Crippen LogP) is 4.28. The molecule has 0 amide bonds. The van der Waals surface area contributed by atoms with Crippen LogP contribution in [0.15, 0.2) is 18.2 Å². The normalized spacial score (nSPS) is 12.1. The number of benzene rings is 2. The molecular formula is C23H3F9N6. The zero-order valence-electron chi connectivity index (χ0n) is 17.8. The van der Waals surface area contributed by atoms with Crippen LogP contribution in [0.1, 0.15) is 38.9 Å². The summed E-state index contributed by atoms with van der Waals surface area (Å²) >= 11 is 0. The van der Waals surface area contributed by atoms with Crippen LogP contribution in [-0.4, -0.2) is 0 Å². The molecule has 0 radical (unpaired) electrons. The highest BCUT2D eigenvalue weighted by atomic mass is 19.4. The fourth-order valence-electron chi connectivity index (χ4n) is 3.40. The van der Waals surface area contributed by atoms with Crippen LogP contribution >= 0.6 is 0 Å². The predicted molar refractivity (Wildman–Crippen MR) is 104 cm³/mol. The van der Waals surface area contributed by atoms with Crippen molar-refractivity contribution in [2.75, 3.05) is 0 Å². The van der Waals surface area contributed by atoms with Gasteiger partial charge in [0.05, 0.1) is 45.0 Å². The number of hydrogen-bond donors (Lipinski definition) is 0. The Morgan fingerprint density at radius 2 is 1.05 bits per heavy atom. The van der Waals surface area contributed by atoms with Crippen molar-refractivity contribution in [3.05, 3.63) is 67.6 Å². The topological polar surface area (TPSA) is 143 Å². The molecular weight excluding hydrogens is 531 g/mol. The van der Waals surface area contributed by atoms with Crippen LogP contribution in [0.5, 0.6) is 0 Å². The molecule has 0 aliphatic carbocycles. The Labute approximate surface area is 205 Å². The molecule has 0 aliphatic rings. The molecule has 0 saturated heterocycles. The van der Waals surface area contributed by atoms with Gasteiger partial charge in [-0.1, -0.05) is 0 Å². The Bertz CT molecular complexity index is 1680. The molecule has 6 nitrogen and oxygen atoms in total. The quantitative estimate of drug-likeness (QED) is 0.500. The van der Waals surface area contributed by atoms with Gasteiger partial charge in [0, 0.05) is 10.4 Å². The molecule has 0 saturated carbocycles. The van der Waals surface area contributed by atoms with E-state index in [1.807, 2.05) is 0 Å². The molecule has 0 N–H and O–H groups in total. The van der Waals surface area contributed by atoms with E-state index in [1.54, 1.807) is 0 Å². The number of nitrogens with zero attached hydrogens (tertiary/aromatic N) is 6. The second kappa shape index (κ2) is 9.86. The molecule has 0 atom stereocenters. The molecule has 15 heteroatoms. The number of halogens is 9. The van der Waals surface area contributed by atoms with Crippen LogP contribution in [0, 0.1) is 68.0 Å². The third kappa shape index (κ3) is 5.05. The molecule has 2 rings (SSSR count). The van der Waals surface area contributed by atoms with Crippen molar-refractivity contribution in [3.8, 4) is 36.4 Å². The van der Waals surface area contributed by atoms with Gasteiger partial charge < -0.3 is 0 Å². The summed E-state index contributed by atoms with van der Waals surface area (Å²) in [5.41, 5.74) is -14.9. The van der Waals surface area contributed by atoms with Crippen molar-refractivity contribution in [2.45, 2.75) is 18.5 Å². The molecule has 0 unspecified atom stereocenters. The Morgan fingerprint density at radius 3 is 1.37 bits per heavy atom. The third-order valence-electron chi connectivity index (χ3n) is 4.85. The average Bonchev–Trinajstić information content (AvgIpc) is 2.82. The molecule has 0 aliphatic heterocycles. The summed E-state index contributed by atoms with van der Waals surface area (Å²) in [6, 6.07) is 6.45. The van der Waals surface area contributed by atoms with E-state index >= 15 is 0 Å². The maximum absolute atomic E-state index is 14.0. The SMILES string of the molecule is N#CC(C#N)=c1cc(C#N)/c(=C(/C#N)c2cc(C(F)(F)F)c(C#N)c(C(F)(F)F)c2)c(C#N)c1C(F)(F)F. The van der Waals surface area contributed by atoms with Gasteiger partial charge in [0.15, 0.2) is 0 Å². The smallest absolute Gasteiger partial charge is 0.192 e. The summed E-state index contributed by atoms with van der Waals surface area (Å²) in [7, 11) is 0. The molecule has 2 aromatic rings. The van der Waals surface area contributed by atoms with Gasteiger partial charge >= 0.3 is 18.5 Å². The highest BCUT2D eigenvalue weighted by molar-refractivity contribution is 5.82. The van der Waals surface area contributed by atoms with Crippen molar-refractivity contribution in [1.82, 2.24) is 0 Å². The van der Waals surface area contributed by atoms with Gasteiger partial charge in [-0.3, -0.25) is 0 Å². The van der Waals surface area contributed by atoms with Gasteiger partial charge in [-0.05, 0) is 23.8 Å². The molecule has 0 heterocycles. The van der Waals surface area contributed by atoms with Crippen molar-refractivity contribution >= 4 is 11.1 Å². The Hall–Kier alpha value is -5.51. The minimum atomic E-state index is -5.61. The van der Waals surface area contributed by atoms with E-state index in [2.05, 4.69) is 0 Å². The fraction of sp³-hybridized carbons (Fsp3) is 0.130. The van der Waals surface area contributed by atoms with Gasteiger partial charge in [0.2, 0.25) is 0 Å². The minimum Gasteiger partial charge on any atom is -0.192 e. The first-order valence-electron chi connectivity index (χ1n) is 9.27. The number of hydrogen-bond acceptors (Lipinski definition) is 6. The molecule has 0 bridgehead atoms. The highest BCUT2D eigenvalue weighted by Crippen LogP contribution is 2.41. The summed E-state index contributed by atoms with van der Waals surface area (Å²) in [6.07, 6.45) is -16.8. The Morgan fingerprint density at radius 1 is 0.579 bits per heavy atom. The van der Waals surface area contributed by atoms with E-state index in [1.165, 1.54) is 6.07 Å². The van der Waals surface area contributed by atoms with E-state index in [0.717, 1.165) is 30.3 Å². The lowest BCUT2D eigenvalue weighted by molar-refractivity contribution is -0.143. The van der Waals surface area contributed by atoms with E-state index in [9.17, 15) is 55.3 Å². The van der Waals surface area contributed by atoms with Crippen LogP contribution in [-0.2, 0) is 18.5 Å². The second-order valence-corrected chi connectivity index (χ2v) is 6.96. The van der Waals surface area contributed by atoms with Crippen LogP contribution < -0.4 is 10.4 Å². The largest absolute Gasteiger partial charge is 0.418 e. The molecule has 0 fully saturated rings. The zero-order valence-corrected chi connectivity index (χ0v) is 17.8. The van der Waals surface area contributed by atoms with Crippen LogP contribution in [0.2, 0.25) is 0 Å². The standard InChI is InChI=1S/C23H3F9N6/c24-21(25,26)17-2-10(3-18(15(17)8-37)22(27,28)29)14(7-36)19-11(4-33)1-13(12(5-34)6-35)20(16(19)9-38)23(30,31)32/h1-3H/b19-14+. The summed E-state index contributed by atoms with van der Waals surface area (Å²) in [5, 5.41) is 53.1. The highest BCUT2D eigenvalue weighted by Gasteiger charge is 2.42. The first kappa shape index (κ1) is 28.7. The average molecular weight is 534 g/mol. The van der Waals surface area contributed by atoms with Gasteiger partial charge in [-0.2, -0.15) is 71.1 Å². The van der Waals surface area contributed by atoms with Gasteiger partial charge in [0.25, 0.3) is 0 Å². The van der Waals surface area contributed by atoms with Crippen molar-refractivity contribution in [1.29, 1.82) is 31.6 Å². The minimum absolute atomic E-state index is 0.113. The summed E-state index contributed by atoms with van der Waals surface area (Å²) in [4.78, 5) is 0. The fourth-order valence-corrected chi connectivity index (χ4v) is 3.40. The lowest BCUT2D eigenvalue weighted by Crippen LogP contribution is -2.31. The Kier molecular flexibility index (Phi) is 7.45.